The van der Waals surface area contributed by atoms with Crippen LogP contribution < -0.4 is 0 Å². The van der Waals surface area contributed by atoms with E-state index in [0.717, 1.165) is 17.5 Å². The minimum Gasteiger partial charge on any atom is -0.207 e. The highest BCUT2D eigenvalue weighted by molar-refractivity contribution is 5.88. The van der Waals surface area contributed by atoms with Gasteiger partial charge in [0, 0.05) is 0 Å². The minimum atomic E-state index is -0.204. The van der Waals surface area contributed by atoms with Gasteiger partial charge < -0.3 is 0 Å². The number of halogens is 1. The average Bonchev–Trinajstić information content (AvgIpc) is 2.74. The normalized spacial score (nSPS) is 11.1. The molecule has 0 saturated carbocycles. The molecule has 0 amide bonds. The maximum atomic E-state index is 13.5. The highest BCUT2D eigenvalue weighted by atomic mass is 19.1. The van der Waals surface area contributed by atoms with Crippen LogP contribution in [0.25, 0.3) is 33.0 Å². The van der Waals surface area contributed by atoms with Gasteiger partial charge in [-0.1, -0.05) is 86.5 Å². The number of hydrogen-bond donors (Lipinski definition) is 0. The quantitative estimate of drug-likeness (QED) is 0.302. The molecule has 0 heterocycles. The first-order valence-corrected chi connectivity index (χ1v) is 10.1. The van der Waals surface area contributed by atoms with Crippen molar-refractivity contribution in [1.29, 1.82) is 0 Å². The summed E-state index contributed by atoms with van der Waals surface area (Å²) in [6, 6.07) is 28.6. The second kappa shape index (κ2) is 8.39. The van der Waals surface area contributed by atoms with Gasteiger partial charge in [0.1, 0.15) is 5.82 Å². The third-order valence-electron chi connectivity index (χ3n) is 5.35. The van der Waals surface area contributed by atoms with Crippen LogP contribution >= 0.6 is 0 Å². The number of unbranched alkanes of at least 4 members (excludes halogenated alkanes) is 2. The molecule has 0 aliphatic carbocycles. The molecule has 4 aromatic rings. The van der Waals surface area contributed by atoms with Crippen molar-refractivity contribution in [2.24, 2.45) is 0 Å². The fourth-order valence-electron chi connectivity index (χ4n) is 3.73. The van der Waals surface area contributed by atoms with Crippen LogP contribution in [0.2, 0.25) is 0 Å². The zero-order valence-electron chi connectivity index (χ0n) is 16.3. The molecule has 4 rings (SSSR count). The van der Waals surface area contributed by atoms with Crippen LogP contribution in [0.3, 0.4) is 0 Å². The summed E-state index contributed by atoms with van der Waals surface area (Å²) in [6.45, 7) is 2.24. The molecule has 0 radical (unpaired) electrons. The molecule has 1 heteroatoms. The third kappa shape index (κ3) is 4.14. The second-order valence-electron chi connectivity index (χ2n) is 7.44. The summed E-state index contributed by atoms with van der Waals surface area (Å²) in [5.74, 6) is -0.204. The van der Waals surface area contributed by atoms with E-state index in [-0.39, 0.29) is 5.82 Å². The van der Waals surface area contributed by atoms with Gasteiger partial charge in [-0.05, 0) is 69.6 Å². The van der Waals surface area contributed by atoms with E-state index in [0.29, 0.717) is 0 Å². The van der Waals surface area contributed by atoms with Gasteiger partial charge >= 0.3 is 0 Å². The Morgan fingerprint density at radius 3 is 1.96 bits per heavy atom. The van der Waals surface area contributed by atoms with Gasteiger partial charge in [-0.15, -0.1) is 0 Å². The van der Waals surface area contributed by atoms with Crippen LogP contribution in [0.15, 0.2) is 84.9 Å². The van der Waals surface area contributed by atoms with Gasteiger partial charge in [0.2, 0.25) is 0 Å². The van der Waals surface area contributed by atoms with Gasteiger partial charge in [-0.2, -0.15) is 0 Å². The van der Waals surface area contributed by atoms with Gasteiger partial charge in [0.15, 0.2) is 0 Å². The number of aryl methyl sites for hydroxylation is 1. The monoisotopic (exact) mass is 368 g/mol. The number of hydrogen-bond acceptors (Lipinski definition) is 0. The third-order valence-corrected chi connectivity index (χ3v) is 5.35. The molecule has 0 unspecified atom stereocenters. The van der Waals surface area contributed by atoms with Crippen LogP contribution in [-0.2, 0) is 6.42 Å². The molecule has 0 aliphatic rings. The summed E-state index contributed by atoms with van der Waals surface area (Å²) in [7, 11) is 0. The zero-order valence-corrected chi connectivity index (χ0v) is 16.3. The van der Waals surface area contributed by atoms with E-state index in [1.165, 1.54) is 52.8 Å². The Kier molecular flexibility index (Phi) is 5.53. The van der Waals surface area contributed by atoms with Gasteiger partial charge in [0.25, 0.3) is 0 Å². The molecular weight excluding hydrogens is 343 g/mol. The lowest BCUT2D eigenvalue weighted by atomic mass is 9.97. The van der Waals surface area contributed by atoms with Crippen molar-refractivity contribution in [3.8, 4) is 22.3 Å². The van der Waals surface area contributed by atoms with E-state index in [1.807, 2.05) is 6.07 Å². The van der Waals surface area contributed by atoms with Gasteiger partial charge in [-0.3, -0.25) is 0 Å². The molecular formula is C27H25F. The molecule has 0 aliphatic heterocycles. The van der Waals surface area contributed by atoms with Crippen molar-refractivity contribution in [2.75, 3.05) is 0 Å². The lowest BCUT2D eigenvalue weighted by molar-refractivity contribution is 0.628. The van der Waals surface area contributed by atoms with Crippen molar-refractivity contribution in [3.63, 3.8) is 0 Å². The van der Waals surface area contributed by atoms with Crippen LogP contribution in [0.5, 0.6) is 0 Å². The first kappa shape index (κ1) is 18.4. The first-order valence-electron chi connectivity index (χ1n) is 10.1. The minimum absolute atomic E-state index is 0.204. The van der Waals surface area contributed by atoms with Crippen LogP contribution in [0.4, 0.5) is 4.39 Å². The predicted molar refractivity (Wildman–Crippen MR) is 118 cm³/mol. The Morgan fingerprint density at radius 1 is 0.607 bits per heavy atom. The van der Waals surface area contributed by atoms with Gasteiger partial charge in [-0.25, -0.2) is 4.39 Å². The highest BCUT2D eigenvalue weighted by Crippen LogP contribution is 2.28. The summed E-state index contributed by atoms with van der Waals surface area (Å²) < 4.78 is 13.5. The SMILES string of the molecule is CCCCCc1ccc2cc(-c3ccc(-c4cccc(F)c4)cc3)ccc2c1. The molecule has 0 bridgehead atoms. The standard InChI is InChI=1S/C27H25F/c1-2-3-4-6-20-9-10-26-18-25(16-15-24(26)17-20)22-13-11-21(12-14-22)23-7-5-8-27(28)19-23/h5,7-19H,2-4,6H2,1H3. The highest BCUT2D eigenvalue weighted by Gasteiger charge is 2.04. The van der Waals surface area contributed by atoms with Crippen molar-refractivity contribution in [3.05, 3.63) is 96.3 Å². The fourth-order valence-corrected chi connectivity index (χ4v) is 3.73. The van der Waals surface area contributed by atoms with E-state index in [9.17, 15) is 4.39 Å². The van der Waals surface area contributed by atoms with Gasteiger partial charge in [0.05, 0.1) is 0 Å². The Labute approximate surface area is 166 Å². The van der Waals surface area contributed by atoms with Crippen molar-refractivity contribution >= 4 is 10.8 Å². The average molecular weight is 368 g/mol. The molecule has 0 atom stereocenters. The molecule has 28 heavy (non-hydrogen) atoms. The fraction of sp³-hybridized carbons (Fsp3) is 0.185. The predicted octanol–water partition coefficient (Wildman–Crippen LogP) is 8.05. The zero-order chi connectivity index (χ0) is 19.3. The van der Waals surface area contributed by atoms with Crippen molar-refractivity contribution in [1.82, 2.24) is 0 Å². The summed E-state index contributed by atoms with van der Waals surface area (Å²) >= 11 is 0. The second-order valence-corrected chi connectivity index (χ2v) is 7.44. The Balaban J connectivity index is 1.57. The lowest BCUT2D eigenvalue weighted by Gasteiger charge is -2.08. The molecule has 0 N–H and O–H groups in total. The van der Waals surface area contributed by atoms with E-state index < -0.39 is 0 Å². The number of benzene rings is 4. The Hall–Kier alpha value is -2.93. The summed E-state index contributed by atoms with van der Waals surface area (Å²) in [6.07, 6.45) is 4.97. The topological polar surface area (TPSA) is 0 Å². The van der Waals surface area contributed by atoms with Crippen LogP contribution in [0, 0.1) is 5.82 Å². The first-order chi connectivity index (χ1) is 13.7. The van der Waals surface area contributed by atoms with E-state index in [2.05, 4.69) is 67.6 Å². The number of rotatable bonds is 6. The molecule has 0 fully saturated rings. The van der Waals surface area contributed by atoms with Crippen molar-refractivity contribution in [2.45, 2.75) is 32.6 Å². The molecule has 0 saturated heterocycles. The van der Waals surface area contributed by atoms with Crippen LogP contribution in [-0.4, -0.2) is 0 Å². The Bertz CT molecular complexity index is 1080. The maximum Gasteiger partial charge on any atom is 0.123 e. The maximum absolute atomic E-state index is 13.5. The summed E-state index contributed by atoms with van der Waals surface area (Å²) in [5.41, 5.74) is 5.74. The Morgan fingerprint density at radius 2 is 1.25 bits per heavy atom. The largest absolute Gasteiger partial charge is 0.207 e. The van der Waals surface area contributed by atoms with E-state index >= 15 is 0 Å². The molecule has 4 aromatic carbocycles. The summed E-state index contributed by atoms with van der Waals surface area (Å²) in [5, 5.41) is 2.57. The molecule has 0 aromatic heterocycles. The van der Waals surface area contributed by atoms with E-state index in [4.69, 9.17) is 0 Å². The lowest BCUT2D eigenvalue weighted by Crippen LogP contribution is -1.86. The van der Waals surface area contributed by atoms with Crippen molar-refractivity contribution < 1.29 is 4.39 Å². The van der Waals surface area contributed by atoms with E-state index in [1.54, 1.807) is 12.1 Å². The molecule has 140 valence electrons. The smallest absolute Gasteiger partial charge is 0.123 e. The molecule has 0 spiro atoms. The number of fused-ring (bicyclic) bond motifs is 1. The summed E-state index contributed by atoms with van der Waals surface area (Å²) in [4.78, 5) is 0. The molecule has 0 nitrogen and oxygen atoms in total. The van der Waals surface area contributed by atoms with Crippen LogP contribution in [0.1, 0.15) is 31.7 Å².